The van der Waals surface area contributed by atoms with Crippen LogP contribution < -0.4 is 5.32 Å². The summed E-state index contributed by atoms with van der Waals surface area (Å²) in [7, 11) is -4.60. The van der Waals surface area contributed by atoms with Crippen LogP contribution in [0, 0.1) is 0 Å². The molecule has 0 heterocycles. The summed E-state index contributed by atoms with van der Waals surface area (Å²) in [4.78, 5) is 70.6. The van der Waals surface area contributed by atoms with Crippen LogP contribution in [-0.4, -0.2) is 86.8 Å². The molecule has 0 fully saturated rings. The first kappa shape index (κ1) is 66.6. The zero-order valence-corrected chi connectivity index (χ0v) is 45.1. The average molecular weight is 1000 g/mol. The van der Waals surface area contributed by atoms with E-state index in [0.29, 0.717) is 51.7 Å². The molecule has 15 heteroatoms. The smallest absolute Gasteiger partial charge is 0.463 e. The molecule has 0 rings (SSSR count). The van der Waals surface area contributed by atoms with Crippen LogP contribution in [0.5, 0.6) is 0 Å². The molecule has 0 aliphatic rings. The number of amides is 1. The lowest BCUT2D eigenvalue weighted by molar-refractivity contribution is -0.161. The second kappa shape index (κ2) is 50.6. The highest BCUT2D eigenvalue weighted by Gasteiger charge is 2.26. The van der Waals surface area contributed by atoms with Crippen molar-refractivity contribution in [1.82, 2.24) is 5.32 Å². The van der Waals surface area contributed by atoms with Crippen molar-refractivity contribution in [3.05, 3.63) is 0 Å². The van der Waals surface area contributed by atoms with Crippen molar-refractivity contribution in [3.8, 4) is 0 Å². The van der Waals surface area contributed by atoms with E-state index in [0.717, 1.165) is 38.5 Å². The molecule has 0 saturated carbocycles. The molecule has 0 bridgehead atoms. The number of unbranched alkanes of at least 4 members (excludes halogenated alkanes) is 28. The van der Waals surface area contributed by atoms with E-state index in [2.05, 4.69) is 19.2 Å². The molecule has 406 valence electrons. The van der Waals surface area contributed by atoms with Crippen LogP contribution in [0.15, 0.2) is 0 Å². The number of phosphoric ester groups is 1. The predicted molar refractivity (Wildman–Crippen MR) is 275 cm³/mol. The Morgan fingerprint density at radius 2 is 0.870 bits per heavy atom. The molecule has 1 amide bonds. The highest BCUT2D eigenvalue weighted by Crippen LogP contribution is 2.43. The molecule has 2 N–H and O–H groups in total. The van der Waals surface area contributed by atoms with Crippen LogP contribution >= 0.6 is 7.82 Å². The normalized spacial score (nSPS) is 12.6. The summed E-state index contributed by atoms with van der Waals surface area (Å²) in [5, 5.41) is 2.77. The SMILES string of the molecule is CCCCCCCCCCCCCCCCCC(=O)OCC(COP(=O)(O)OCCCC(=O)OCCOCCCNC(=O)CCCC(C)=O)OC(=O)CCCCCCCCCCCCCCCCC. The second-order valence-electron chi connectivity index (χ2n) is 19.0. The first-order chi connectivity index (χ1) is 33.5. The number of nitrogens with one attached hydrogen (secondary N) is 1. The van der Waals surface area contributed by atoms with Crippen LogP contribution in [0.3, 0.4) is 0 Å². The molecule has 0 spiro atoms. The summed E-state index contributed by atoms with van der Waals surface area (Å²) in [5.74, 6) is -1.49. The van der Waals surface area contributed by atoms with Gasteiger partial charge in [0.15, 0.2) is 6.10 Å². The van der Waals surface area contributed by atoms with Gasteiger partial charge < -0.3 is 34.0 Å². The van der Waals surface area contributed by atoms with E-state index in [1.54, 1.807) is 0 Å². The molecule has 0 radical (unpaired) electrons. The van der Waals surface area contributed by atoms with Crippen molar-refractivity contribution in [1.29, 1.82) is 0 Å². The predicted octanol–water partition coefficient (Wildman–Crippen LogP) is 13.7. The van der Waals surface area contributed by atoms with Gasteiger partial charge in [0.2, 0.25) is 5.91 Å². The number of ketones is 1. The Morgan fingerprint density at radius 1 is 0.435 bits per heavy atom. The number of Topliss-reactive ketones (excluding diaryl/α,β-unsaturated/α-hetero) is 1. The number of ether oxygens (including phenoxy) is 4. The third-order valence-electron chi connectivity index (χ3n) is 12.1. The molecular formula is C54H102NO13P. The Kier molecular flexibility index (Phi) is 48.8. The summed E-state index contributed by atoms with van der Waals surface area (Å²) in [6.07, 6.45) is 37.7. The van der Waals surface area contributed by atoms with Gasteiger partial charge in [-0.15, -0.1) is 0 Å². The fourth-order valence-electron chi connectivity index (χ4n) is 7.89. The van der Waals surface area contributed by atoms with E-state index < -0.39 is 38.4 Å². The van der Waals surface area contributed by atoms with Crippen LogP contribution in [0.25, 0.3) is 0 Å². The maximum absolute atomic E-state index is 12.8. The van der Waals surface area contributed by atoms with Crippen molar-refractivity contribution in [3.63, 3.8) is 0 Å². The zero-order chi connectivity index (χ0) is 50.7. The number of phosphoric acid groups is 1. The summed E-state index contributed by atoms with van der Waals surface area (Å²) >= 11 is 0. The third-order valence-corrected chi connectivity index (χ3v) is 13.1. The molecular weight excluding hydrogens is 902 g/mol. The Hall–Kier alpha value is -2.38. The lowest BCUT2D eigenvalue weighted by Crippen LogP contribution is -2.29. The molecule has 0 aromatic rings. The van der Waals surface area contributed by atoms with Crippen molar-refractivity contribution >= 4 is 37.4 Å². The number of carbonyl (C=O) groups excluding carboxylic acids is 5. The summed E-state index contributed by atoms with van der Waals surface area (Å²) in [6.45, 7) is 5.93. The quantitative estimate of drug-likeness (QED) is 0.0254. The standard InChI is InChI=1S/C54H102NO13P/c1-4-6-8-10-12-14-16-18-20-22-24-26-28-30-32-39-53(59)65-47-50(68-54(60)40-33-31-29-27-25-23-21-19-17-15-13-11-9-7-5-2)48-67-69(61,62)66-44-35-41-52(58)64-46-45-63-43-36-42-55-51(57)38-34-37-49(3)56/h50H,4-48H2,1-3H3,(H,55,57)(H,61,62). The molecule has 69 heavy (non-hydrogen) atoms. The number of esters is 3. The van der Waals surface area contributed by atoms with Gasteiger partial charge in [-0.2, -0.15) is 0 Å². The summed E-state index contributed by atoms with van der Waals surface area (Å²) in [6, 6.07) is 0. The molecule has 2 unspecified atom stereocenters. The average Bonchev–Trinajstić information content (AvgIpc) is 3.32. The minimum absolute atomic E-state index is 0.0301. The van der Waals surface area contributed by atoms with Gasteiger partial charge in [-0.3, -0.25) is 28.2 Å². The second-order valence-corrected chi connectivity index (χ2v) is 20.4. The van der Waals surface area contributed by atoms with E-state index in [-0.39, 0.29) is 63.8 Å². The van der Waals surface area contributed by atoms with Gasteiger partial charge in [0.25, 0.3) is 0 Å². The monoisotopic (exact) mass is 1000 g/mol. The molecule has 2 atom stereocenters. The Bertz CT molecular complexity index is 1280. The number of hydrogen-bond donors (Lipinski definition) is 2. The zero-order valence-electron chi connectivity index (χ0n) is 44.2. The first-order valence-electron chi connectivity index (χ1n) is 28.0. The van der Waals surface area contributed by atoms with E-state index in [1.807, 2.05) is 0 Å². The highest BCUT2D eigenvalue weighted by atomic mass is 31.2. The first-order valence-corrected chi connectivity index (χ1v) is 29.4. The Labute approximate surface area is 419 Å². The molecule has 0 saturated heterocycles. The van der Waals surface area contributed by atoms with Crippen molar-refractivity contribution < 1.29 is 61.4 Å². The van der Waals surface area contributed by atoms with E-state index >= 15 is 0 Å². The lowest BCUT2D eigenvalue weighted by Gasteiger charge is -2.20. The topological polar surface area (TPSA) is 190 Å². The Morgan fingerprint density at radius 3 is 1.35 bits per heavy atom. The minimum Gasteiger partial charge on any atom is -0.463 e. The molecule has 14 nitrogen and oxygen atoms in total. The van der Waals surface area contributed by atoms with Gasteiger partial charge in [0.05, 0.1) is 19.8 Å². The number of hydrogen-bond acceptors (Lipinski definition) is 12. The number of carbonyl (C=O) groups is 5. The van der Waals surface area contributed by atoms with Gasteiger partial charge in [-0.1, -0.05) is 194 Å². The molecule has 0 aliphatic heterocycles. The molecule has 0 aromatic heterocycles. The van der Waals surface area contributed by atoms with Gasteiger partial charge in [-0.05, 0) is 39.0 Å². The van der Waals surface area contributed by atoms with Crippen molar-refractivity contribution in [2.45, 2.75) is 271 Å². The third kappa shape index (κ3) is 51.8. The fraction of sp³-hybridized carbons (Fsp3) is 0.907. The fourth-order valence-corrected chi connectivity index (χ4v) is 8.68. The van der Waals surface area contributed by atoms with Crippen LogP contribution in [0.4, 0.5) is 0 Å². The number of rotatable bonds is 54. The van der Waals surface area contributed by atoms with Crippen LogP contribution in [-0.2, 0) is 56.5 Å². The van der Waals surface area contributed by atoms with Crippen molar-refractivity contribution in [2.24, 2.45) is 0 Å². The van der Waals surface area contributed by atoms with Gasteiger partial charge >= 0.3 is 25.7 Å². The highest BCUT2D eigenvalue weighted by molar-refractivity contribution is 7.47. The maximum Gasteiger partial charge on any atom is 0.472 e. The van der Waals surface area contributed by atoms with Crippen LogP contribution in [0.2, 0.25) is 0 Å². The molecule has 0 aliphatic carbocycles. The van der Waals surface area contributed by atoms with E-state index in [1.165, 1.54) is 148 Å². The lowest BCUT2D eigenvalue weighted by atomic mass is 10.0. The summed E-state index contributed by atoms with van der Waals surface area (Å²) in [5.41, 5.74) is 0. The maximum atomic E-state index is 12.8. The van der Waals surface area contributed by atoms with E-state index in [4.69, 9.17) is 28.0 Å². The van der Waals surface area contributed by atoms with Gasteiger partial charge in [-0.25, -0.2) is 4.57 Å². The van der Waals surface area contributed by atoms with Gasteiger partial charge in [0.1, 0.15) is 19.0 Å². The summed E-state index contributed by atoms with van der Waals surface area (Å²) < 4.78 is 44.5. The largest absolute Gasteiger partial charge is 0.472 e. The molecule has 0 aromatic carbocycles. The van der Waals surface area contributed by atoms with Crippen molar-refractivity contribution in [2.75, 3.05) is 46.2 Å². The minimum atomic E-state index is -4.60. The van der Waals surface area contributed by atoms with E-state index in [9.17, 15) is 33.4 Å². The Balaban J connectivity index is 4.51. The van der Waals surface area contributed by atoms with Gasteiger partial charge in [0, 0.05) is 45.3 Å². The van der Waals surface area contributed by atoms with Crippen LogP contribution in [0.1, 0.15) is 265 Å².